The van der Waals surface area contributed by atoms with Crippen LogP contribution in [0.15, 0.2) is 42.7 Å². The van der Waals surface area contributed by atoms with Crippen molar-refractivity contribution in [1.82, 2.24) is 14.9 Å². The van der Waals surface area contributed by atoms with Crippen molar-refractivity contribution < 1.29 is 9.18 Å². The fourth-order valence-electron chi connectivity index (χ4n) is 2.82. The number of amides is 1. The molecule has 1 aromatic heterocycles. The monoisotopic (exact) mass is 355 g/mol. The third kappa shape index (κ3) is 4.86. The Morgan fingerprint density at radius 2 is 2.12 bits per heavy atom. The molecule has 0 bridgehead atoms. The van der Waals surface area contributed by atoms with Crippen molar-refractivity contribution in [3.05, 3.63) is 59.8 Å². The molecule has 0 aliphatic carbocycles. The lowest BCUT2D eigenvalue weighted by Crippen LogP contribution is -2.45. The van der Waals surface area contributed by atoms with Gasteiger partial charge in [-0.15, -0.1) is 0 Å². The highest BCUT2D eigenvalue weighted by Gasteiger charge is 2.23. The number of aromatic nitrogens is 2. The Hall–Kier alpha value is -2.80. The molecule has 7 heteroatoms. The minimum Gasteiger partial charge on any atom is -0.365 e. The molecule has 0 saturated carbocycles. The van der Waals surface area contributed by atoms with Gasteiger partial charge in [-0.3, -0.25) is 4.79 Å². The molecular weight excluding hydrogens is 333 g/mol. The highest BCUT2D eigenvalue weighted by atomic mass is 19.1. The molecule has 1 fully saturated rings. The number of carbonyl (C=O) groups is 1. The Bertz CT molecular complexity index is 761. The van der Waals surface area contributed by atoms with Crippen molar-refractivity contribution in [3.63, 3.8) is 0 Å². The van der Waals surface area contributed by atoms with E-state index in [2.05, 4.69) is 15.3 Å². The number of nitrogens with two attached hydrogens (primary N) is 1. The number of piperidine rings is 1. The Kier molecular flexibility index (Phi) is 5.91. The van der Waals surface area contributed by atoms with E-state index < -0.39 is 0 Å². The predicted molar refractivity (Wildman–Crippen MR) is 99.1 cm³/mol. The molecule has 1 atom stereocenters. The molecule has 26 heavy (non-hydrogen) atoms. The molecule has 1 aliphatic heterocycles. The second-order valence-electron chi connectivity index (χ2n) is 6.28. The second kappa shape index (κ2) is 8.53. The molecule has 0 spiro atoms. The van der Waals surface area contributed by atoms with Gasteiger partial charge in [-0.2, -0.15) is 0 Å². The van der Waals surface area contributed by atoms with E-state index >= 15 is 0 Å². The number of halogens is 1. The van der Waals surface area contributed by atoms with E-state index in [1.165, 1.54) is 18.3 Å². The molecule has 3 N–H and O–H groups in total. The molecule has 0 radical (unpaired) electrons. The SMILES string of the molecule is NC1CCCN(C(=O)c2cnc(NC/C=C/c3ccc(F)cc3)cn2)C1. The van der Waals surface area contributed by atoms with Crippen LogP contribution in [0, 0.1) is 5.82 Å². The average molecular weight is 355 g/mol. The zero-order valence-electron chi connectivity index (χ0n) is 14.4. The van der Waals surface area contributed by atoms with Crippen molar-refractivity contribution >= 4 is 17.8 Å². The van der Waals surface area contributed by atoms with E-state index in [4.69, 9.17) is 5.73 Å². The molecule has 1 amide bonds. The maximum absolute atomic E-state index is 12.8. The first-order valence-electron chi connectivity index (χ1n) is 8.65. The summed E-state index contributed by atoms with van der Waals surface area (Å²) in [6.45, 7) is 1.82. The van der Waals surface area contributed by atoms with Gasteiger partial charge in [0.05, 0.1) is 12.4 Å². The summed E-state index contributed by atoms with van der Waals surface area (Å²) in [7, 11) is 0. The summed E-state index contributed by atoms with van der Waals surface area (Å²) in [5.41, 5.74) is 7.16. The van der Waals surface area contributed by atoms with Crippen LogP contribution >= 0.6 is 0 Å². The summed E-state index contributed by atoms with van der Waals surface area (Å²) in [5, 5.41) is 3.10. The first-order valence-corrected chi connectivity index (χ1v) is 8.65. The maximum atomic E-state index is 12.8. The number of hydrogen-bond donors (Lipinski definition) is 2. The minimum atomic E-state index is -0.253. The smallest absolute Gasteiger partial charge is 0.274 e. The highest BCUT2D eigenvalue weighted by molar-refractivity contribution is 5.92. The van der Waals surface area contributed by atoms with E-state index in [1.807, 2.05) is 12.2 Å². The van der Waals surface area contributed by atoms with Gasteiger partial charge in [0.25, 0.3) is 5.91 Å². The predicted octanol–water partition coefficient (Wildman–Crippen LogP) is 2.30. The van der Waals surface area contributed by atoms with E-state index in [9.17, 15) is 9.18 Å². The number of rotatable bonds is 5. The number of nitrogens with zero attached hydrogens (tertiary/aromatic N) is 3. The zero-order chi connectivity index (χ0) is 18.4. The van der Waals surface area contributed by atoms with Crippen molar-refractivity contribution in [2.75, 3.05) is 25.0 Å². The quantitative estimate of drug-likeness (QED) is 0.860. The molecule has 1 saturated heterocycles. The van der Waals surface area contributed by atoms with Crippen molar-refractivity contribution in [2.24, 2.45) is 5.73 Å². The van der Waals surface area contributed by atoms with Crippen LogP contribution in [0.3, 0.4) is 0 Å². The summed E-state index contributed by atoms with van der Waals surface area (Å²) in [4.78, 5) is 22.6. The first kappa shape index (κ1) is 18.0. The molecule has 6 nitrogen and oxygen atoms in total. The van der Waals surface area contributed by atoms with Gasteiger partial charge < -0.3 is 16.0 Å². The molecule has 3 rings (SSSR count). The van der Waals surface area contributed by atoms with E-state index in [0.717, 1.165) is 18.4 Å². The lowest BCUT2D eigenvalue weighted by Gasteiger charge is -2.30. The lowest BCUT2D eigenvalue weighted by atomic mass is 10.1. The highest BCUT2D eigenvalue weighted by Crippen LogP contribution is 2.12. The zero-order valence-corrected chi connectivity index (χ0v) is 14.4. The van der Waals surface area contributed by atoms with Gasteiger partial charge in [-0.25, -0.2) is 14.4 Å². The first-order chi connectivity index (χ1) is 12.6. The van der Waals surface area contributed by atoms with Gasteiger partial charge >= 0.3 is 0 Å². The van der Waals surface area contributed by atoms with Gasteiger partial charge in [-0.1, -0.05) is 24.3 Å². The van der Waals surface area contributed by atoms with Gasteiger partial charge in [-0.05, 0) is 30.5 Å². The minimum absolute atomic E-state index is 0.0366. The number of anilines is 1. The van der Waals surface area contributed by atoms with Gasteiger partial charge in [0.1, 0.15) is 17.3 Å². The standard InChI is InChI=1S/C19H22FN5O/c20-15-7-5-14(6-8-15)3-1-9-22-18-12-23-17(11-24-18)19(26)25-10-2-4-16(21)13-25/h1,3,5-8,11-12,16H,2,4,9-10,13,21H2,(H,22,24)/b3-1+. The van der Waals surface area contributed by atoms with Crippen LogP contribution in [0.1, 0.15) is 28.9 Å². The molecule has 2 aromatic rings. The third-order valence-corrected chi connectivity index (χ3v) is 4.20. The van der Waals surface area contributed by atoms with Crippen molar-refractivity contribution in [1.29, 1.82) is 0 Å². The Morgan fingerprint density at radius 1 is 1.31 bits per heavy atom. The van der Waals surface area contributed by atoms with Crippen molar-refractivity contribution in [3.8, 4) is 0 Å². The summed E-state index contributed by atoms with van der Waals surface area (Å²) >= 11 is 0. The van der Waals surface area contributed by atoms with E-state index in [0.29, 0.717) is 31.1 Å². The fraction of sp³-hybridized carbons (Fsp3) is 0.316. The van der Waals surface area contributed by atoms with Gasteiger partial charge in [0.2, 0.25) is 0 Å². The lowest BCUT2D eigenvalue weighted by molar-refractivity contribution is 0.0702. The summed E-state index contributed by atoms with van der Waals surface area (Å²) < 4.78 is 12.8. The molecule has 1 unspecified atom stereocenters. The van der Waals surface area contributed by atoms with Crippen LogP contribution in [-0.4, -0.2) is 46.5 Å². The summed E-state index contributed by atoms with van der Waals surface area (Å²) in [6, 6.07) is 6.29. The van der Waals surface area contributed by atoms with Crippen LogP contribution in [0.25, 0.3) is 6.08 Å². The fourth-order valence-corrected chi connectivity index (χ4v) is 2.82. The van der Waals surface area contributed by atoms with Crippen LogP contribution < -0.4 is 11.1 Å². The Morgan fingerprint density at radius 3 is 2.81 bits per heavy atom. The maximum Gasteiger partial charge on any atom is 0.274 e. The van der Waals surface area contributed by atoms with Crippen LogP contribution in [0.2, 0.25) is 0 Å². The number of nitrogens with one attached hydrogen (secondary N) is 1. The van der Waals surface area contributed by atoms with E-state index in [-0.39, 0.29) is 17.8 Å². The van der Waals surface area contributed by atoms with E-state index in [1.54, 1.807) is 23.2 Å². The topological polar surface area (TPSA) is 84.1 Å². The second-order valence-corrected chi connectivity index (χ2v) is 6.28. The number of benzene rings is 1. The Balaban J connectivity index is 1.51. The molecule has 2 heterocycles. The van der Waals surface area contributed by atoms with Gasteiger partial charge in [0.15, 0.2) is 0 Å². The van der Waals surface area contributed by atoms with Crippen LogP contribution in [-0.2, 0) is 0 Å². The van der Waals surface area contributed by atoms with Crippen LogP contribution in [0.4, 0.5) is 10.2 Å². The number of likely N-dealkylation sites (tertiary alicyclic amines) is 1. The normalized spacial score (nSPS) is 17.5. The van der Waals surface area contributed by atoms with Crippen LogP contribution in [0.5, 0.6) is 0 Å². The van der Waals surface area contributed by atoms with Crippen molar-refractivity contribution in [2.45, 2.75) is 18.9 Å². The largest absolute Gasteiger partial charge is 0.365 e. The summed E-state index contributed by atoms with van der Waals surface area (Å²) in [6.07, 6.45) is 8.68. The average Bonchev–Trinajstić information content (AvgIpc) is 2.66. The van der Waals surface area contributed by atoms with Gasteiger partial charge in [0, 0.05) is 25.7 Å². The molecule has 1 aromatic carbocycles. The summed E-state index contributed by atoms with van der Waals surface area (Å²) in [5.74, 6) is 0.202. The Labute approximate surface area is 151 Å². The third-order valence-electron chi connectivity index (χ3n) is 4.20. The molecular formula is C19H22FN5O. The molecule has 136 valence electrons. The number of carbonyl (C=O) groups excluding carboxylic acids is 1. The molecule has 1 aliphatic rings. The number of hydrogen-bond acceptors (Lipinski definition) is 5.